The second kappa shape index (κ2) is 10.7. The highest BCUT2D eigenvalue weighted by molar-refractivity contribution is 7.89. The summed E-state index contributed by atoms with van der Waals surface area (Å²) in [5, 5.41) is 10.6. The molecule has 3 aromatic rings. The van der Waals surface area contributed by atoms with Gasteiger partial charge < -0.3 is 5.11 Å². The molecule has 1 heterocycles. The molecule has 1 atom stereocenters. The van der Waals surface area contributed by atoms with Crippen molar-refractivity contribution in [2.75, 3.05) is 18.0 Å². The van der Waals surface area contributed by atoms with Gasteiger partial charge in [0.15, 0.2) is 0 Å². The molecular weight excluding hydrogens is 476 g/mol. The Hall–Kier alpha value is -3.33. The molecule has 4 rings (SSSR count). The van der Waals surface area contributed by atoms with E-state index in [2.05, 4.69) is 0 Å². The molecule has 0 fully saturated rings. The summed E-state index contributed by atoms with van der Waals surface area (Å²) in [4.78, 5) is 26.6. The Labute approximate surface area is 212 Å². The summed E-state index contributed by atoms with van der Waals surface area (Å²) in [6, 6.07) is 22.1. The van der Waals surface area contributed by atoms with E-state index in [1.54, 1.807) is 24.3 Å². The van der Waals surface area contributed by atoms with Crippen LogP contribution < -0.4 is 4.90 Å². The van der Waals surface area contributed by atoms with Gasteiger partial charge in [0.05, 0.1) is 27.8 Å². The van der Waals surface area contributed by atoms with E-state index in [1.807, 2.05) is 44.2 Å². The SMILES string of the molecule is CC(C)CN(C[C@H](O)CCc1ccccc1)S(=O)(=O)c1ccc(N2C(=O)c3ccccc3C2=O)cc1. The molecule has 0 aromatic heterocycles. The molecule has 1 N–H and O–H groups in total. The first-order valence-electron chi connectivity index (χ1n) is 12.0. The lowest BCUT2D eigenvalue weighted by atomic mass is 10.1. The summed E-state index contributed by atoms with van der Waals surface area (Å²) < 4.78 is 28.3. The third kappa shape index (κ3) is 5.41. The molecule has 8 heteroatoms. The van der Waals surface area contributed by atoms with Crippen LogP contribution in [0.1, 0.15) is 46.5 Å². The fraction of sp³-hybridized carbons (Fsp3) is 0.286. The van der Waals surface area contributed by atoms with E-state index in [-0.39, 0.29) is 23.9 Å². The number of rotatable bonds is 10. The van der Waals surface area contributed by atoms with Gasteiger partial charge in [0.2, 0.25) is 10.0 Å². The van der Waals surface area contributed by atoms with Crippen LogP contribution in [0.5, 0.6) is 0 Å². The number of aliphatic hydroxyl groups is 1. The molecule has 0 aliphatic carbocycles. The molecule has 36 heavy (non-hydrogen) atoms. The summed E-state index contributed by atoms with van der Waals surface area (Å²) in [7, 11) is -3.91. The third-order valence-corrected chi connectivity index (χ3v) is 7.96. The van der Waals surface area contributed by atoms with Gasteiger partial charge in [-0.3, -0.25) is 9.59 Å². The minimum absolute atomic E-state index is 0.0203. The second-order valence-electron chi connectivity index (χ2n) is 9.38. The van der Waals surface area contributed by atoms with Crippen LogP contribution in [0.2, 0.25) is 0 Å². The Morgan fingerprint density at radius 2 is 1.36 bits per heavy atom. The predicted octanol–water partition coefficient (Wildman–Crippen LogP) is 4.13. The standard InChI is InChI=1S/C28H30N2O5S/c1-20(2)18-29(19-23(31)15-12-21-8-4-3-5-9-21)36(34,35)24-16-13-22(14-17-24)30-27(32)25-10-6-7-11-26(25)28(30)33/h3-11,13-14,16-17,20,23,31H,12,15,18-19H2,1-2H3/t23-/m1/s1. The number of benzene rings is 3. The highest BCUT2D eigenvalue weighted by Gasteiger charge is 2.36. The van der Waals surface area contributed by atoms with Crippen molar-refractivity contribution >= 4 is 27.5 Å². The fourth-order valence-electron chi connectivity index (χ4n) is 4.32. The van der Waals surface area contributed by atoms with Crippen LogP contribution in [0.25, 0.3) is 0 Å². The maximum absolute atomic E-state index is 13.5. The minimum Gasteiger partial charge on any atom is -0.392 e. The van der Waals surface area contributed by atoms with E-state index in [0.717, 1.165) is 10.5 Å². The Balaban J connectivity index is 1.51. The van der Waals surface area contributed by atoms with Gasteiger partial charge in [-0.1, -0.05) is 56.3 Å². The summed E-state index contributed by atoms with van der Waals surface area (Å²) in [5.74, 6) is -0.818. The summed E-state index contributed by atoms with van der Waals surface area (Å²) >= 11 is 0. The highest BCUT2D eigenvalue weighted by atomic mass is 32.2. The van der Waals surface area contributed by atoms with Crippen molar-refractivity contribution in [1.82, 2.24) is 4.31 Å². The number of aliphatic hydroxyl groups excluding tert-OH is 1. The van der Waals surface area contributed by atoms with Gasteiger partial charge in [-0.2, -0.15) is 4.31 Å². The number of imide groups is 1. The lowest BCUT2D eigenvalue weighted by molar-refractivity contribution is 0.0926. The molecule has 1 aliphatic heterocycles. The van der Waals surface area contributed by atoms with Crippen molar-refractivity contribution < 1.29 is 23.1 Å². The van der Waals surface area contributed by atoms with Crippen molar-refractivity contribution in [2.45, 2.75) is 37.7 Å². The van der Waals surface area contributed by atoms with Gasteiger partial charge in [-0.25, -0.2) is 13.3 Å². The van der Waals surface area contributed by atoms with Crippen LogP contribution in [0, 0.1) is 5.92 Å². The first-order valence-corrected chi connectivity index (χ1v) is 13.4. The number of carbonyl (C=O) groups is 2. The molecule has 0 saturated carbocycles. The second-order valence-corrected chi connectivity index (χ2v) is 11.3. The summed E-state index contributed by atoms with van der Waals surface area (Å²) in [6.45, 7) is 4.08. The smallest absolute Gasteiger partial charge is 0.266 e. The van der Waals surface area contributed by atoms with Gasteiger partial charge >= 0.3 is 0 Å². The van der Waals surface area contributed by atoms with Crippen molar-refractivity contribution in [2.24, 2.45) is 5.92 Å². The van der Waals surface area contributed by atoms with Crippen molar-refractivity contribution in [3.63, 3.8) is 0 Å². The molecule has 0 bridgehead atoms. The zero-order valence-electron chi connectivity index (χ0n) is 20.4. The average molecular weight is 507 g/mol. The monoisotopic (exact) mass is 506 g/mol. The van der Waals surface area contributed by atoms with E-state index in [9.17, 15) is 23.1 Å². The number of hydrogen-bond donors (Lipinski definition) is 1. The molecule has 2 amide bonds. The molecule has 7 nitrogen and oxygen atoms in total. The topological polar surface area (TPSA) is 95.0 Å². The fourth-order valence-corrected chi connectivity index (χ4v) is 5.96. The van der Waals surface area contributed by atoms with Crippen LogP contribution in [0.4, 0.5) is 5.69 Å². The molecule has 0 unspecified atom stereocenters. The molecule has 188 valence electrons. The van der Waals surface area contributed by atoms with Gasteiger partial charge in [0.1, 0.15) is 0 Å². The maximum atomic E-state index is 13.5. The molecule has 0 radical (unpaired) electrons. The van der Waals surface area contributed by atoms with Gasteiger partial charge in [0.25, 0.3) is 11.8 Å². The highest BCUT2D eigenvalue weighted by Crippen LogP contribution is 2.29. The molecule has 3 aromatic carbocycles. The van der Waals surface area contributed by atoms with E-state index in [1.165, 1.54) is 28.6 Å². The van der Waals surface area contributed by atoms with Crippen LogP contribution in [-0.2, 0) is 16.4 Å². The summed E-state index contributed by atoms with van der Waals surface area (Å²) in [6.07, 6.45) is 0.260. The zero-order valence-corrected chi connectivity index (χ0v) is 21.2. The number of hydrogen-bond acceptors (Lipinski definition) is 5. The van der Waals surface area contributed by atoms with Gasteiger partial charge in [-0.15, -0.1) is 0 Å². The number of sulfonamides is 1. The van der Waals surface area contributed by atoms with E-state index < -0.39 is 27.9 Å². The maximum Gasteiger partial charge on any atom is 0.266 e. The van der Waals surface area contributed by atoms with E-state index in [0.29, 0.717) is 29.7 Å². The largest absolute Gasteiger partial charge is 0.392 e. The Morgan fingerprint density at radius 1 is 0.806 bits per heavy atom. The van der Waals surface area contributed by atoms with Crippen LogP contribution in [-0.4, -0.2) is 48.8 Å². The average Bonchev–Trinajstić information content (AvgIpc) is 3.12. The van der Waals surface area contributed by atoms with E-state index in [4.69, 9.17) is 0 Å². The Bertz CT molecular complexity index is 1300. The first-order chi connectivity index (χ1) is 17.2. The number of nitrogens with zero attached hydrogens (tertiary/aromatic N) is 2. The van der Waals surface area contributed by atoms with Crippen LogP contribution >= 0.6 is 0 Å². The number of carbonyl (C=O) groups excluding carboxylic acids is 2. The number of amides is 2. The molecular formula is C28H30N2O5S. The lowest BCUT2D eigenvalue weighted by Gasteiger charge is -2.26. The van der Waals surface area contributed by atoms with Crippen LogP contribution in [0.3, 0.4) is 0 Å². The summed E-state index contributed by atoms with van der Waals surface area (Å²) in [5.41, 5.74) is 2.04. The predicted molar refractivity (Wildman–Crippen MR) is 138 cm³/mol. The molecule has 0 saturated heterocycles. The van der Waals surface area contributed by atoms with Crippen molar-refractivity contribution in [3.8, 4) is 0 Å². The molecule has 1 aliphatic rings. The van der Waals surface area contributed by atoms with Gasteiger partial charge in [0, 0.05) is 13.1 Å². The van der Waals surface area contributed by atoms with Crippen molar-refractivity contribution in [3.05, 3.63) is 95.6 Å². The Morgan fingerprint density at radius 3 is 1.92 bits per heavy atom. The number of aryl methyl sites for hydroxylation is 1. The minimum atomic E-state index is -3.91. The number of fused-ring (bicyclic) bond motifs is 1. The first kappa shape index (κ1) is 25.8. The van der Waals surface area contributed by atoms with E-state index >= 15 is 0 Å². The third-order valence-electron chi connectivity index (χ3n) is 6.12. The molecule has 0 spiro atoms. The zero-order chi connectivity index (χ0) is 25.9. The Kier molecular flexibility index (Phi) is 7.68. The normalized spacial score (nSPS) is 14.5. The van der Waals surface area contributed by atoms with Crippen LogP contribution in [0.15, 0.2) is 83.8 Å². The number of anilines is 1. The van der Waals surface area contributed by atoms with Gasteiger partial charge in [-0.05, 0) is 60.7 Å². The quantitative estimate of drug-likeness (QED) is 0.417. The lowest BCUT2D eigenvalue weighted by Crippen LogP contribution is -2.40. The van der Waals surface area contributed by atoms with Crippen molar-refractivity contribution in [1.29, 1.82) is 0 Å².